The summed E-state index contributed by atoms with van der Waals surface area (Å²) in [5, 5.41) is 0. The van der Waals surface area contributed by atoms with Crippen molar-refractivity contribution in [3.63, 3.8) is 0 Å². The zero-order valence-corrected chi connectivity index (χ0v) is 14.6. The fourth-order valence-electron chi connectivity index (χ4n) is 3.37. The van der Waals surface area contributed by atoms with Gasteiger partial charge in [-0.2, -0.15) is 8.78 Å². The molecule has 0 saturated heterocycles. The summed E-state index contributed by atoms with van der Waals surface area (Å²) in [6.45, 7) is 2.19. The summed E-state index contributed by atoms with van der Waals surface area (Å²) in [5.41, 5.74) is 0.653. The van der Waals surface area contributed by atoms with Crippen LogP contribution in [0.5, 0.6) is 5.75 Å². The minimum Gasteiger partial charge on any atom is -0.429 e. The zero-order chi connectivity index (χ0) is 18.7. The van der Waals surface area contributed by atoms with Gasteiger partial charge in [0.25, 0.3) is 0 Å². The maximum atomic E-state index is 14.3. The molecule has 1 fully saturated rings. The highest BCUT2D eigenvalue weighted by Crippen LogP contribution is 2.38. The van der Waals surface area contributed by atoms with Crippen molar-refractivity contribution in [1.82, 2.24) is 0 Å². The smallest absolute Gasteiger partial charge is 0.426 e. The van der Waals surface area contributed by atoms with Gasteiger partial charge in [-0.3, -0.25) is 0 Å². The average Bonchev–Trinajstić information content (AvgIpc) is 2.65. The van der Waals surface area contributed by atoms with Crippen molar-refractivity contribution in [3.8, 4) is 5.75 Å². The van der Waals surface area contributed by atoms with Crippen LogP contribution in [0.15, 0.2) is 42.5 Å². The lowest BCUT2D eigenvalue weighted by Crippen LogP contribution is -2.22. The van der Waals surface area contributed by atoms with Gasteiger partial charge in [0.15, 0.2) is 11.6 Å². The van der Waals surface area contributed by atoms with Crippen molar-refractivity contribution >= 4 is 0 Å². The van der Waals surface area contributed by atoms with Crippen LogP contribution in [0.1, 0.15) is 50.2 Å². The van der Waals surface area contributed by atoms with E-state index >= 15 is 0 Å². The average molecular weight is 365 g/mol. The molecule has 5 heteroatoms. The highest BCUT2D eigenvalue weighted by atomic mass is 19.3. The van der Waals surface area contributed by atoms with E-state index in [1.165, 1.54) is 24.5 Å². The molecule has 0 atom stereocenters. The standard InChI is InChI=1S/C21H21F4O/c1-2-14-3-5-15(6-4-14)16-7-9-17(10-8-16)21(24,25)26-18-11-12-19(22)20(23)13-18/h7-14H,2-6H2,1H3. The topological polar surface area (TPSA) is 9.23 Å². The van der Waals surface area contributed by atoms with Crippen molar-refractivity contribution in [1.29, 1.82) is 0 Å². The summed E-state index contributed by atoms with van der Waals surface area (Å²) in [6, 6.07) is 8.36. The summed E-state index contributed by atoms with van der Waals surface area (Å²) in [4.78, 5) is 0. The number of hydrogen-bond acceptors (Lipinski definition) is 1. The molecule has 1 radical (unpaired) electrons. The Labute approximate surface area is 151 Å². The lowest BCUT2D eigenvalue weighted by Gasteiger charge is -2.28. The Bertz CT molecular complexity index is 734. The Morgan fingerprint density at radius 1 is 0.962 bits per heavy atom. The van der Waals surface area contributed by atoms with Crippen LogP contribution in [0.4, 0.5) is 17.6 Å². The van der Waals surface area contributed by atoms with E-state index in [0.29, 0.717) is 6.07 Å². The van der Waals surface area contributed by atoms with E-state index in [9.17, 15) is 17.6 Å². The van der Waals surface area contributed by atoms with Crippen LogP contribution in [0.2, 0.25) is 0 Å². The minimum atomic E-state index is -3.63. The van der Waals surface area contributed by atoms with Gasteiger partial charge >= 0.3 is 6.11 Å². The molecule has 2 aromatic carbocycles. The molecule has 0 N–H and O–H groups in total. The van der Waals surface area contributed by atoms with Crippen molar-refractivity contribution in [3.05, 3.63) is 71.1 Å². The second-order valence-corrected chi connectivity index (χ2v) is 6.73. The molecule has 3 rings (SSSR count). The van der Waals surface area contributed by atoms with Crippen molar-refractivity contribution in [2.24, 2.45) is 5.92 Å². The van der Waals surface area contributed by atoms with Gasteiger partial charge in [-0.05, 0) is 61.4 Å². The lowest BCUT2D eigenvalue weighted by atomic mass is 9.78. The SMILES string of the molecule is CCC1CC[C](c2ccc(C(F)(F)Oc3ccc(F)c(F)c3)cc2)CC1. The number of ether oxygens (including phenoxy) is 1. The lowest BCUT2D eigenvalue weighted by molar-refractivity contribution is -0.185. The predicted molar refractivity (Wildman–Crippen MR) is 91.9 cm³/mol. The first kappa shape index (κ1) is 18.7. The van der Waals surface area contributed by atoms with Crippen LogP contribution >= 0.6 is 0 Å². The highest BCUT2D eigenvalue weighted by molar-refractivity contribution is 5.35. The second kappa shape index (κ2) is 7.68. The van der Waals surface area contributed by atoms with Crippen LogP contribution < -0.4 is 4.74 Å². The number of hydrogen-bond donors (Lipinski definition) is 0. The van der Waals surface area contributed by atoms with Crippen LogP contribution in [0.3, 0.4) is 0 Å². The van der Waals surface area contributed by atoms with E-state index in [-0.39, 0.29) is 5.56 Å². The molecule has 0 unspecified atom stereocenters. The Morgan fingerprint density at radius 3 is 2.19 bits per heavy atom. The van der Waals surface area contributed by atoms with E-state index in [1.807, 2.05) is 0 Å². The third-order valence-electron chi connectivity index (χ3n) is 5.05. The molecule has 1 aliphatic rings. The zero-order valence-electron chi connectivity index (χ0n) is 14.6. The number of halogens is 4. The summed E-state index contributed by atoms with van der Waals surface area (Å²) >= 11 is 0. The normalized spacial score (nSPS) is 16.7. The van der Waals surface area contributed by atoms with Crippen LogP contribution in [0, 0.1) is 23.5 Å². The first-order valence-electron chi connectivity index (χ1n) is 8.86. The highest BCUT2D eigenvalue weighted by Gasteiger charge is 2.35. The van der Waals surface area contributed by atoms with Gasteiger partial charge in [0.2, 0.25) is 0 Å². The van der Waals surface area contributed by atoms with Gasteiger partial charge in [0, 0.05) is 12.0 Å². The number of alkyl halides is 2. The third-order valence-corrected chi connectivity index (χ3v) is 5.05. The van der Waals surface area contributed by atoms with E-state index in [4.69, 9.17) is 0 Å². The van der Waals surface area contributed by atoms with Gasteiger partial charge in [-0.15, -0.1) is 0 Å². The van der Waals surface area contributed by atoms with Gasteiger partial charge in [-0.1, -0.05) is 25.5 Å². The molecule has 1 saturated carbocycles. The molecule has 0 spiro atoms. The third kappa shape index (κ3) is 4.19. The quantitative estimate of drug-likeness (QED) is 0.541. The van der Waals surface area contributed by atoms with Crippen LogP contribution in [0.25, 0.3) is 0 Å². The van der Waals surface area contributed by atoms with Crippen molar-refractivity contribution in [2.75, 3.05) is 0 Å². The minimum absolute atomic E-state index is 0.325. The first-order chi connectivity index (χ1) is 12.4. The molecule has 2 aromatic rings. The molecule has 0 aromatic heterocycles. The van der Waals surface area contributed by atoms with E-state index in [0.717, 1.165) is 49.3 Å². The Balaban J connectivity index is 1.69. The van der Waals surface area contributed by atoms with Crippen molar-refractivity contribution in [2.45, 2.75) is 45.1 Å². The largest absolute Gasteiger partial charge is 0.429 e. The van der Waals surface area contributed by atoms with Gasteiger partial charge in [-0.25, -0.2) is 8.78 Å². The fraction of sp³-hybridized carbons (Fsp3) is 0.381. The molecule has 1 nitrogen and oxygen atoms in total. The molecule has 0 aliphatic heterocycles. The van der Waals surface area contributed by atoms with Gasteiger partial charge in [0.05, 0.1) is 5.56 Å². The van der Waals surface area contributed by atoms with Gasteiger partial charge < -0.3 is 4.74 Å². The predicted octanol–water partition coefficient (Wildman–Crippen LogP) is 6.62. The molecule has 1 aliphatic carbocycles. The van der Waals surface area contributed by atoms with Crippen LogP contribution in [-0.4, -0.2) is 0 Å². The monoisotopic (exact) mass is 365 g/mol. The number of rotatable bonds is 5. The van der Waals surface area contributed by atoms with E-state index in [2.05, 4.69) is 11.7 Å². The summed E-state index contributed by atoms with van der Waals surface area (Å²) in [5.74, 6) is -0.712. The second-order valence-electron chi connectivity index (χ2n) is 6.73. The molecule has 139 valence electrons. The van der Waals surface area contributed by atoms with Crippen LogP contribution in [-0.2, 0) is 6.11 Å². The molecule has 0 amide bonds. The molecule has 0 heterocycles. The summed E-state index contributed by atoms with van der Waals surface area (Å²) in [7, 11) is 0. The molecule has 0 bridgehead atoms. The molecule has 26 heavy (non-hydrogen) atoms. The summed E-state index contributed by atoms with van der Waals surface area (Å²) in [6.07, 6.45) is 1.83. The molecular weight excluding hydrogens is 344 g/mol. The molecular formula is C21H21F4O. The maximum absolute atomic E-state index is 14.3. The Hall–Kier alpha value is -2.04. The van der Waals surface area contributed by atoms with E-state index in [1.54, 1.807) is 12.1 Å². The van der Waals surface area contributed by atoms with Crippen molar-refractivity contribution < 1.29 is 22.3 Å². The fourth-order valence-corrected chi connectivity index (χ4v) is 3.37. The maximum Gasteiger partial charge on any atom is 0.426 e. The van der Waals surface area contributed by atoms with Gasteiger partial charge in [0.1, 0.15) is 5.75 Å². The first-order valence-corrected chi connectivity index (χ1v) is 8.86. The number of benzene rings is 2. The Morgan fingerprint density at radius 2 is 1.62 bits per heavy atom. The van der Waals surface area contributed by atoms with E-state index < -0.39 is 23.5 Å². The Kier molecular flexibility index (Phi) is 5.54. The summed E-state index contributed by atoms with van der Waals surface area (Å²) < 4.78 is 59.3.